The van der Waals surface area contributed by atoms with Gasteiger partial charge in [-0.25, -0.2) is 0 Å². The molecule has 0 bridgehead atoms. The van der Waals surface area contributed by atoms with Crippen LogP contribution in [0, 0.1) is 0 Å². The average Bonchev–Trinajstić information content (AvgIpc) is 3.22. The van der Waals surface area contributed by atoms with E-state index in [0.29, 0.717) is 52.9 Å². The lowest BCUT2D eigenvalue weighted by atomic mass is 10.3. The molecule has 1 rings (SSSR count). The highest BCUT2D eigenvalue weighted by atomic mass is 28.4. The van der Waals surface area contributed by atoms with Gasteiger partial charge >= 0.3 is 17.1 Å². The van der Waals surface area contributed by atoms with E-state index in [1.165, 1.54) is 0 Å². The minimum Gasteiger partial charge on any atom is -0.418 e. The van der Waals surface area contributed by atoms with Crippen LogP contribution in [0.15, 0.2) is 0 Å². The lowest BCUT2D eigenvalue weighted by molar-refractivity contribution is -0.166. The fourth-order valence-corrected chi connectivity index (χ4v) is 11.1. The molecule has 0 spiro atoms. The van der Waals surface area contributed by atoms with Crippen molar-refractivity contribution in [1.29, 1.82) is 0 Å². The average molecular weight is 881 g/mol. The second-order valence-corrected chi connectivity index (χ2v) is 30.7. The first-order valence-electron chi connectivity index (χ1n) is 20.1. The summed E-state index contributed by atoms with van der Waals surface area (Å²) in [4.78, 5) is 0. The van der Waals surface area contributed by atoms with Gasteiger partial charge in [-0.05, 0) is 76.0 Å². The molecule has 0 aromatic rings. The van der Waals surface area contributed by atoms with E-state index < -0.39 is 33.8 Å². The van der Waals surface area contributed by atoms with Crippen LogP contribution in [0.2, 0.25) is 50.4 Å². The molecule has 56 heavy (non-hydrogen) atoms. The van der Waals surface area contributed by atoms with E-state index in [0.717, 1.165) is 49.9 Å². The summed E-state index contributed by atoms with van der Waals surface area (Å²) >= 11 is 0. The van der Waals surface area contributed by atoms with Gasteiger partial charge in [-0.3, -0.25) is 0 Å². The van der Waals surface area contributed by atoms with Crippen molar-refractivity contribution in [1.82, 2.24) is 0 Å². The van der Waals surface area contributed by atoms with Crippen LogP contribution in [0.25, 0.3) is 0 Å². The molecule has 1 aliphatic heterocycles. The molecule has 6 unspecified atom stereocenters. The van der Waals surface area contributed by atoms with E-state index in [9.17, 15) is 10.2 Å². The van der Waals surface area contributed by atoms with E-state index in [2.05, 4.69) is 0 Å². The van der Waals surface area contributed by atoms with Crippen LogP contribution in [-0.2, 0) is 64.5 Å². The van der Waals surface area contributed by atoms with Crippen LogP contribution < -0.4 is 0 Å². The highest BCUT2D eigenvalue weighted by Crippen LogP contribution is 2.17. The van der Waals surface area contributed by atoms with Crippen molar-refractivity contribution in [2.75, 3.05) is 134 Å². The maximum absolute atomic E-state index is 9.75. The van der Waals surface area contributed by atoms with Gasteiger partial charge in [0.05, 0.1) is 65.3 Å². The topological polar surface area (TPSA) is 170 Å². The lowest BCUT2D eigenvalue weighted by Gasteiger charge is -2.29. The van der Waals surface area contributed by atoms with Crippen molar-refractivity contribution in [2.24, 2.45) is 0 Å². The van der Waals surface area contributed by atoms with Crippen molar-refractivity contribution in [2.45, 2.75) is 100 Å². The summed E-state index contributed by atoms with van der Waals surface area (Å²) in [5, 5.41) is 19.5. The van der Waals surface area contributed by atoms with E-state index >= 15 is 0 Å². The molecule has 336 valence electrons. The Bertz CT molecular complexity index is 772. The summed E-state index contributed by atoms with van der Waals surface area (Å²) < 4.78 is 83.6. The number of hydrogen-bond donors (Lipinski definition) is 2. The van der Waals surface area contributed by atoms with Gasteiger partial charge in [-0.1, -0.05) is 0 Å². The first-order valence-corrected chi connectivity index (χ1v) is 30.8. The van der Waals surface area contributed by atoms with Crippen LogP contribution in [0.1, 0.15) is 25.7 Å². The monoisotopic (exact) mass is 880 g/mol. The summed E-state index contributed by atoms with van der Waals surface area (Å²) in [7, 11) is 1.47. The zero-order valence-corrected chi connectivity index (χ0v) is 40.5. The van der Waals surface area contributed by atoms with E-state index in [1.54, 1.807) is 42.7 Å². The first kappa shape index (κ1) is 54.2. The highest BCUT2D eigenvalue weighted by Gasteiger charge is 2.30. The second kappa shape index (κ2) is 31.1. The molecule has 2 N–H and O–H groups in total. The minimum absolute atomic E-state index is 0.0744. The summed E-state index contributed by atoms with van der Waals surface area (Å²) in [5.41, 5.74) is 0. The normalized spacial score (nSPS) is 22.9. The van der Waals surface area contributed by atoms with Gasteiger partial charge in [0.25, 0.3) is 0 Å². The van der Waals surface area contributed by atoms with Crippen LogP contribution in [-0.4, -0.2) is 203 Å². The Kier molecular flexibility index (Phi) is 30.2. The number of hydrogen-bond acceptors (Lipinski definition) is 16. The largest absolute Gasteiger partial charge is 0.418 e. The van der Waals surface area contributed by atoms with Crippen molar-refractivity contribution >= 4 is 33.8 Å². The van der Waals surface area contributed by atoms with Crippen molar-refractivity contribution in [3.8, 4) is 0 Å². The molecule has 0 aliphatic carbocycles. The van der Waals surface area contributed by atoms with Crippen molar-refractivity contribution in [3.05, 3.63) is 0 Å². The van der Waals surface area contributed by atoms with Crippen LogP contribution in [0.3, 0.4) is 0 Å². The molecule has 0 aromatic heterocycles. The number of ether oxygens (including phenoxy) is 8. The van der Waals surface area contributed by atoms with Crippen molar-refractivity contribution in [3.63, 3.8) is 0 Å². The summed E-state index contributed by atoms with van der Waals surface area (Å²) in [6.45, 7) is 12.5. The lowest BCUT2D eigenvalue weighted by Crippen LogP contribution is -2.41. The summed E-state index contributed by atoms with van der Waals surface area (Å²) in [6.07, 6.45) is 1.79. The second-order valence-electron chi connectivity index (χ2n) is 15.2. The fraction of sp³-hybridized carbons (Fsp3) is 1.00. The van der Waals surface area contributed by atoms with Gasteiger partial charge < -0.3 is 74.7 Å². The molecule has 20 heteroatoms. The summed E-state index contributed by atoms with van der Waals surface area (Å²) in [6, 6.07) is 3.21. The smallest absolute Gasteiger partial charge is 0.334 e. The number of aliphatic hydroxyl groups excluding tert-OH is 2. The molecular formula is C36H80O16Si4. The Morgan fingerprint density at radius 3 is 0.875 bits per heavy atom. The highest BCUT2D eigenvalue weighted by molar-refractivity contribution is 6.72. The maximum Gasteiger partial charge on any atom is 0.334 e. The number of aliphatic hydroxyl groups is 2. The molecule has 0 saturated carbocycles. The standard InChI is InChI=1S/C36H80O16Si4/c1-39-53(7,31-37)19-11-15-45-23-33-27-51-36(26-48-18-14-22-56(10,43-5)44-6)30-50-34(24-46-16-12-20-54(8,32-38)40-2)28-52-35(29-49-33)25-47-17-13-21-55(9,41-3)42-4/h33-38H,11-32H2,1-10H3. The molecule has 1 heterocycles. The Balaban J connectivity index is 3.00. The predicted octanol–water partition coefficient (Wildman–Crippen LogP) is 3.40. The first-order chi connectivity index (χ1) is 26.8. The van der Waals surface area contributed by atoms with Gasteiger partial charge in [-0.2, -0.15) is 0 Å². The predicted molar refractivity (Wildman–Crippen MR) is 223 cm³/mol. The molecule has 16 nitrogen and oxygen atoms in total. The van der Waals surface area contributed by atoms with Crippen LogP contribution in [0.5, 0.6) is 0 Å². The molecule has 0 radical (unpaired) electrons. The summed E-state index contributed by atoms with van der Waals surface area (Å²) in [5.74, 6) is 0. The third-order valence-corrected chi connectivity index (χ3v) is 22.6. The molecule has 0 amide bonds. The zero-order valence-electron chi connectivity index (χ0n) is 36.5. The minimum atomic E-state index is -2.19. The Labute approximate surface area is 342 Å². The molecule has 1 fully saturated rings. The SMILES string of the molecule is CO[Si](C)(CO)CCCOCC1COC(COCCC[Si](C)(OC)OC)COC(COCCC[Si](C)(CO)OC)COC(COCCC[Si](C)(OC)OC)CO1. The molecule has 6 atom stereocenters. The Hall–Kier alpha value is 0.228. The zero-order chi connectivity index (χ0) is 41.8. The van der Waals surface area contributed by atoms with E-state index in [1.807, 2.05) is 26.2 Å². The Morgan fingerprint density at radius 1 is 0.411 bits per heavy atom. The molecule has 1 aliphatic rings. The number of rotatable bonds is 32. The van der Waals surface area contributed by atoms with Gasteiger partial charge in [-0.15, -0.1) is 0 Å². The fourth-order valence-electron chi connectivity index (χ4n) is 5.56. The van der Waals surface area contributed by atoms with Gasteiger partial charge in [0.2, 0.25) is 16.6 Å². The Morgan fingerprint density at radius 2 is 0.661 bits per heavy atom. The van der Waals surface area contributed by atoms with Crippen molar-refractivity contribution < 1.29 is 74.7 Å². The van der Waals surface area contributed by atoms with Crippen LogP contribution in [0.4, 0.5) is 0 Å². The molecule has 1 saturated heterocycles. The van der Waals surface area contributed by atoms with Gasteiger partial charge in [0, 0.05) is 69.1 Å². The van der Waals surface area contributed by atoms with Gasteiger partial charge in [0.1, 0.15) is 24.4 Å². The maximum atomic E-state index is 9.75. The third-order valence-electron chi connectivity index (χ3n) is 10.5. The van der Waals surface area contributed by atoms with Crippen LogP contribution >= 0.6 is 0 Å². The quantitative estimate of drug-likeness (QED) is 0.0745. The van der Waals surface area contributed by atoms with E-state index in [-0.39, 0.29) is 63.3 Å². The molecular weight excluding hydrogens is 801 g/mol. The third kappa shape index (κ3) is 23.9. The van der Waals surface area contributed by atoms with Gasteiger partial charge in [0.15, 0.2) is 0 Å². The molecule has 0 aromatic carbocycles. The van der Waals surface area contributed by atoms with E-state index in [4.69, 9.17) is 64.5 Å².